The summed E-state index contributed by atoms with van der Waals surface area (Å²) in [5, 5.41) is 9.50. The summed E-state index contributed by atoms with van der Waals surface area (Å²) in [7, 11) is 0. The Labute approximate surface area is 145 Å². The molecule has 0 amide bonds. The Balaban J connectivity index is 1.63. The van der Waals surface area contributed by atoms with Crippen LogP contribution >= 0.6 is 15.9 Å². The average molecular weight is 378 g/mol. The second-order valence-electron chi connectivity index (χ2n) is 6.14. The molecule has 1 N–H and O–H groups in total. The number of benzene rings is 2. The van der Waals surface area contributed by atoms with Gasteiger partial charge in [-0.05, 0) is 61.2 Å². The van der Waals surface area contributed by atoms with Gasteiger partial charge in [0.25, 0.3) is 0 Å². The highest BCUT2D eigenvalue weighted by atomic mass is 79.9. The normalized spacial score (nSPS) is 16.7. The van der Waals surface area contributed by atoms with Crippen molar-refractivity contribution in [2.45, 2.75) is 31.9 Å². The number of piperidine rings is 1. The molecule has 1 heterocycles. The first-order valence-electron chi connectivity index (χ1n) is 8.02. The summed E-state index contributed by atoms with van der Waals surface area (Å²) in [6.07, 6.45) is 2.10. The number of aliphatic hydroxyl groups excluding tert-OH is 1. The van der Waals surface area contributed by atoms with Crippen LogP contribution < -0.4 is 0 Å². The van der Waals surface area contributed by atoms with Crippen LogP contribution in [0.4, 0.5) is 4.39 Å². The highest BCUT2D eigenvalue weighted by molar-refractivity contribution is 9.10. The first-order chi connectivity index (χ1) is 11.2. The largest absolute Gasteiger partial charge is 0.392 e. The Morgan fingerprint density at radius 2 is 1.83 bits per heavy atom. The molecular formula is C19H21BrFNO. The average Bonchev–Trinajstić information content (AvgIpc) is 2.59. The topological polar surface area (TPSA) is 23.5 Å². The molecule has 23 heavy (non-hydrogen) atoms. The summed E-state index contributed by atoms with van der Waals surface area (Å²) < 4.78 is 14.8. The lowest BCUT2D eigenvalue weighted by Crippen LogP contribution is -2.33. The Kier molecular flexibility index (Phi) is 5.46. The summed E-state index contributed by atoms with van der Waals surface area (Å²) in [5.41, 5.74) is 3.04. The Morgan fingerprint density at radius 3 is 2.57 bits per heavy atom. The van der Waals surface area contributed by atoms with Gasteiger partial charge < -0.3 is 5.11 Å². The van der Waals surface area contributed by atoms with E-state index >= 15 is 0 Å². The van der Waals surface area contributed by atoms with E-state index < -0.39 is 0 Å². The maximum Gasteiger partial charge on any atom is 0.127 e. The zero-order valence-corrected chi connectivity index (χ0v) is 14.6. The van der Waals surface area contributed by atoms with Crippen molar-refractivity contribution in [3.63, 3.8) is 0 Å². The van der Waals surface area contributed by atoms with Crippen LogP contribution in [0.2, 0.25) is 0 Å². The lowest BCUT2D eigenvalue weighted by Gasteiger charge is -2.33. The number of nitrogens with zero attached hydrogens (tertiary/aromatic N) is 1. The lowest BCUT2D eigenvalue weighted by atomic mass is 9.86. The third kappa shape index (κ3) is 4.00. The third-order valence-electron chi connectivity index (χ3n) is 4.65. The van der Waals surface area contributed by atoms with Crippen molar-refractivity contribution >= 4 is 15.9 Å². The molecule has 2 nitrogen and oxygen atoms in total. The third-order valence-corrected chi connectivity index (χ3v) is 5.15. The maximum atomic E-state index is 13.9. The Morgan fingerprint density at radius 1 is 1.09 bits per heavy atom. The quantitative estimate of drug-likeness (QED) is 0.849. The summed E-state index contributed by atoms with van der Waals surface area (Å²) in [4.78, 5) is 2.31. The molecule has 4 heteroatoms. The van der Waals surface area contributed by atoms with Crippen LogP contribution in [0.5, 0.6) is 0 Å². The molecule has 0 bridgehead atoms. The van der Waals surface area contributed by atoms with Crippen LogP contribution in [0.1, 0.15) is 35.4 Å². The monoisotopic (exact) mass is 377 g/mol. The molecule has 0 saturated carbocycles. The van der Waals surface area contributed by atoms with Gasteiger partial charge in [0.05, 0.1) is 6.61 Å². The van der Waals surface area contributed by atoms with Crippen molar-refractivity contribution < 1.29 is 9.50 Å². The minimum atomic E-state index is -0.138. The predicted octanol–water partition coefficient (Wildman–Crippen LogP) is 4.46. The molecule has 2 aromatic carbocycles. The van der Waals surface area contributed by atoms with Crippen LogP contribution in [-0.4, -0.2) is 23.1 Å². The molecule has 1 aliphatic rings. The summed E-state index contributed by atoms with van der Waals surface area (Å²) in [5.74, 6) is 0.350. The van der Waals surface area contributed by atoms with Gasteiger partial charge in [-0.3, -0.25) is 4.90 Å². The number of rotatable bonds is 4. The van der Waals surface area contributed by atoms with E-state index in [2.05, 4.69) is 26.9 Å². The fraction of sp³-hybridized carbons (Fsp3) is 0.368. The van der Waals surface area contributed by atoms with Crippen LogP contribution in [0.3, 0.4) is 0 Å². The number of hydrogen-bond donors (Lipinski definition) is 1. The maximum absolute atomic E-state index is 13.9. The van der Waals surface area contributed by atoms with Crippen molar-refractivity contribution in [3.05, 3.63) is 69.4 Å². The molecule has 122 valence electrons. The molecule has 1 aliphatic heterocycles. The van der Waals surface area contributed by atoms with E-state index in [9.17, 15) is 9.50 Å². The van der Waals surface area contributed by atoms with Gasteiger partial charge in [0.2, 0.25) is 0 Å². The molecule has 0 radical (unpaired) electrons. The van der Waals surface area contributed by atoms with E-state index in [4.69, 9.17) is 0 Å². The van der Waals surface area contributed by atoms with E-state index in [1.165, 1.54) is 11.6 Å². The highest BCUT2D eigenvalue weighted by Crippen LogP contribution is 2.31. The van der Waals surface area contributed by atoms with Gasteiger partial charge in [0.1, 0.15) is 5.82 Å². The van der Waals surface area contributed by atoms with Gasteiger partial charge in [-0.15, -0.1) is 0 Å². The predicted molar refractivity (Wildman–Crippen MR) is 93.7 cm³/mol. The minimum absolute atomic E-state index is 0.0969. The Hall–Kier alpha value is -1.23. The fourth-order valence-corrected chi connectivity index (χ4v) is 3.79. The first kappa shape index (κ1) is 16.6. The first-order valence-corrected chi connectivity index (χ1v) is 8.81. The zero-order valence-electron chi connectivity index (χ0n) is 13.0. The lowest BCUT2D eigenvalue weighted by molar-refractivity contribution is 0.200. The van der Waals surface area contributed by atoms with Crippen molar-refractivity contribution in [1.82, 2.24) is 4.90 Å². The SMILES string of the molecule is OCc1ccccc1C1CCN(Cc2cc(Br)ccc2F)CC1. The number of hydrogen-bond acceptors (Lipinski definition) is 2. The summed E-state index contributed by atoms with van der Waals surface area (Å²) in [6, 6.07) is 13.2. The smallest absolute Gasteiger partial charge is 0.127 e. The number of aliphatic hydroxyl groups is 1. The summed E-state index contributed by atoms with van der Waals surface area (Å²) in [6.45, 7) is 2.66. The second kappa shape index (κ2) is 7.56. The number of likely N-dealkylation sites (tertiary alicyclic amines) is 1. The molecule has 1 saturated heterocycles. The van der Waals surface area contributed by atoms with Gasteiger partial charge in [-0.1, -0.05) is 40.2 Å². The Bertz CT molecular complexity index is 668. The van der Waals surface area contributed by atoms with Gasteiger partial charge in [0.15, 0.2) is 0 Å². The van der Waals surface area contributed by atoms with Crippen LogP contribution in [0, 0.1) is 5.82 Å². The summed E-state index contributed by atoms with van der Waals surface area (Å²) >= 11 is 3.41. The van der Waals surface area contributed by atoms with Crippen LogP contribution in [-0.2, 0) is 13.2 Å². The van der Waals surface area contributed by atoms with E-state index in [1.54, 1.807) is 6.07 Å². The number of halogens is 2. The van der Waals surface area contributed by atoms with E-state index in [0.29, 0.717) is 12.5 Å². The van der Waals surface area contributed by atoms with Crippen LogP contribution in [0.15, 0.2) is 46.9 Å². The molecule has 0 atom stereocenters. The molecular weight excluding hydrogens is 357 g/mol. The zero-order chi connectivity index (χ0) is 16.2. The van der Waals surface area contributed by atoms with Gasteiger partial charge in [0, 0.05) is 16.6 Å². The van der Waals surface area contributed by atoms with E-state index in [-0.39, 0.29) is 12.4 Å². The van der Waals surface area contributed by atoms with Crippen molar-refractivity contribution in [3.8, 4) is 0 Å². The van der Waals surface area contributed by atoms with E-state index in [0.717, 1.165) is 41.5 Å². The highest BCUT2D eigenvalue weighted by Gasteiger charge is 2.22. The molecule has 0 aliphatic carbocycles. The molecule has 0 aromatic heterocycles. The molecule has 3 rings (SSSR count). The minimum Gasteiger partial charge on any atom is -0.392 e. The van der Waals surface area contributed by atoms with E-state index in [1.807, 2.05) is 24.3 Å². The molecule has 0 spiro atoms. The van der Waals surface area contributed by atoms with Crippen molar-refractivity contribution in [2.24, 2.45) is 0 Å². The molecule has 2 aromatic rings. The van der Waals surface area contributed by atoms with Gasteiger partial charge >= 0.3 is 0 Å². The van der Waals surface area contributed by atoms with Crippen LogP contribution in [0.25, 0.3) is 0 Å². The standard InChI is InChI=1S/C19H21BrFNO/c20-17-5-6-19(21)16(11-17)12-22-9-7-14(8-10-22)18-4-2-1-3-15(18)13-23/h1-6,11,14,23H,7-10,12-13H2. The molecule has 0 unspecified atom stereocenters. The second-order valence-corrected chi connectivity index (χ2v) is 7.06. The van der Waals surface area contributed by atoms with Crippen molar-refractivity contribution in [1.29, 1.82) is 0 Å². The van der Waals surface area contributed by atoms with Crippen molar-refractivity contribution in [2.75, 3.05) is 13.1 Å². The van der Waals surface area contributed by atoms with Gasteiger partial charge in [-0.2, -0.15) is 0 Å². The fourth-order valence-electron chi connectivity index (χ4n) is 3.38. The molecule has 1 fully saturated rings. The van der Waals surface area contributed by atoms with Gasteiger partial charge in [-0.25, -0.2) is 4.39 Å².